The molecule has 184 valence electrons. The molecule has 1 aliphatic heterocycles. The number of rotatable bonds is 7. The van der Waals surface area contributed by atoms with E-state index >= 15 is 0 Å². The quantitative estimate of drug-likeness (QED) is 0.557. The van der Waals surface area contributed by atoms with Gasteiger partial charge in [0.2, 0.25) is 11.8 Å². The molecule has 0 radical (unpaired) electrons. The van der Waals surface area contributed by atoms with Gasteiger partial charge in [0.25, 0.3) is 5.91 Å². The molecule has 7 nitrogen and oxygen atoms in total. The first-order valence-corrected chi connectivity index (χ1v) is 11.8. The fourth-order valence-corrected chi connectivity index (χ4v) is 4.47. The van der Waals surface area contributed by atoms with Crippen LogP contribution in [-0.2, 0) is 11.8 Å². The number of carbonyl (C=O) groups excluding carboxylic acids is 2. The third-order valence-corrected chi connectivity index (χ3v) is 6.43. The van der Waals surface area contributed by atoms with Crippen molar-refractivity contribution >= 4 is 11.8 Å². The standard InChI is InChI=1S/C27H31FN4O3/c1-17(2)18-10-12-20(13-11-18)25(19-8-6-5-7-9-19)29-26(33)23-14-21(28)16-32(23)27(34)22-15-24(35-4)31(3)30-22/h5-13,15,17,21,23,25H,14,16H2,1-4H3,(H,29,33)/t21-,23+,25+/m1/s1. The fourth-order valence-electron chi connectivity index (χ4n) is 4.47. The third-order valence-electron chi connectivity index (χ3n) is 6.43. The zero-order chi connectivity index (χ0) is 25.1. The second kappa shape index (κ2) is 10.3. The van der Waals surface area contributed by atoms with E-state index in [1.54, 1.807) is 7.05 Å². The van der Waals surface area contributed by atoms with Crippen LogP contribution in [0.15, 0.2) is 60.7 Å². The van der Waals surface area contributed by atoms with Gasteiger partial charge in [-0.2, -0.15) is 5.10 Å². The number of methoxy groups -OCH3 is 1. The molecule has 1 aliphatic rings. The molecule has 2 heterocycles. The SMILES string of the molecule is COc1cc(C(=O)N2C[C@H](F)C[C@H]2C(=O)N[C@@H](c2ccccc2)c2ccc(C(C)C)cc2)nn1C. The van der Waals surface area contributed by atoms with Crippen LogP contribution in [0.5, 0.6) is 5.88 Å². The Labute approximate surface area is 204 Å². The van der Waals surface area contributed by atoms with Crippen molar-refractivity contribution in [1.29, 1.82) is 0 Å². The lowest BCUT2D eigenvalue weighted by Crippen LogP contribution is -2.47. The van der Waals surface area contributed by atoms with Gasteiger partial charge >= 0.3 is 0 Å². The van der Waals surface area contributed by atoms with Crippen molar-refractivity contribution in [2.24, 2.45) is 7.05 Å². The maximum absolute atomic E-state index is 14.5. The van der Waals surface area contributed by atoms with Gasteiger partial charge in [-0.05, 0) is 22.6 Å². The van der Waals surface area contributed by atoms with Crippen molar-refractivity contribution in [2.75, 3.05) is 13.7 Å². The number of aryl methyl sites for hydroxylation is 1. The number of carbonyl (C=O) groups is 2. The molecule has 0 saturated carbocycles. The lowest BCUT2D eigenvalue weighted by Gasteiger charge is -2.26. The van der Waals surface area contributed by atoms with Gasteiger partial charge in [-0.15, -0.1) is 0 Å². The molecule has 35 heavy (non-hydrogen) atoms. The zero-order valence-corrected chi connectivity index (χ0v) is 20.4. The van der Waals surface area contributed by atoms with E-state index in [0.29, 0.717) is 11.8 Å². The van der Waals surface area contributed by atoms with Crippen molar-refractivity contribution in [3.05, 3.63) is 83.0 Å². The van der Waals surface area contributed by atoms with Gasteiger partial charge < -0.3 is 15.0 Å². The van der Waals surface area contributed by atoms with Gasteiger partial charge in [-0.25, -0.2) is 9.07 Å². The number of nitrogens with one attached hydrogen (secondary N) is 1. The van der Waals surface area contributed by atoms with E-state index in [-0.39, 0.29) is 18.7 Å². The molecule has 0 aliphatic carbocycles. The summed E-state index contributed by atoms with van der Waals surface area (Å²) in [5, 5.41) is 7.24. The molecule has 1 saturated heterocycles. The molecule has 4 rings (SSSR count). The molecule has 2 aromatic carbocycles. The Balaban J connectivity index is 1.60. The molecule has 1 fully saturated rings. The second-order valence-electron chi connectivity index (χ2n) is 9.18. The van der Waals surface area contributed by atoms with Crippen LogP contribution in [-0.4, -0.2) is 52.4 Å². The topological polar surface area (TPSA) is 76.5 Å². The summed E-state index contributed by atoms with van der Waals surface area (Å²) in [4.78, 5) is 27.9. The molecule has 8 heteroatoms. The second-order valence-corrected chi connectivity index (χ2v) is 9.18. The lowest BCUT2D eigenvalue weighted by molar-refractivity contribution is -0.125. The van der Waals surface area contributed by atoms with Gasteiger partial charge in [-0.1, -0.05) is 68.4 Å². The molecule has 1 N–H and O–H groups in total. The Hall–Kier alpha value is -3.68. The van der Waals surface area contributed by atoms with Crippen LogP contribution in [0.2, 0.25) is 0 Å². The number of alkyl halides is 1. The summed E-state index contributed by atoms with van der Waals surface area (Å²) < 4.78 is 21.1. The summed E-state index contributed by atoms with van der Waals surface area (Å²) in [7, 11) is 3.13. The molecule has 0 spiro atoms. The highest BCUT2D eigenvalue weighted by atomic mass is 19.1. The molecular weight excluding hydrogens is 447 g/mol. The van der Waals surface area contributed by atoms with E-state index in [2.05, 4.69) is 36.4 Å². The summed E-state index contributed by atoms with van der Waals surface area (Å²) in [6.07, 6.45) is -1.35. The van der Waals surface area contributed by atoms with Crippen molar-refractivity contribution in [2.45, 2.75) is 44.4 Å². The van der Waals surface area contributed by atoms with E-state index in [9.17, 15) is 14.0 Å². The van der Waals surface area contributed by atoms with Gasteiger partial charge in [0.05, 0.1) is 19.7 Å². The summed E-state index contributed by atoms with van der Waals surface area (Å²) in [5.41, 5.74) is 3.13. The van der Waals surface area contributed by atoms with Gasteiger partial charge in [-0.3, -0.25) is 9.59 Å². The maximum Gasteiger partial charge on any atom is 0.275 e. The number of nitrogens with zero attached hydrogens (tertiary/aromatic N) is 3. The van der Waals surface area contributed by atoms with E-state index in [1.165, 1.54) is 28.3 Å². The first-order chi connectivity index (χ1) is 16.8. The number of benzene rings is 2. The highest BCUT2D eigenvalue weighted by Gasteiger charge is 2.41. The van der Waals surface area contributed by atoms with E-state index < -0.39 is 30.1 Å². The number of amides is 2. The van der Waals surface area contributed by atoms with Crippen LogP contribution in [0.25, 0.3) is 0 Å². The van der Waals surface area contributed by atoms with Crippen LogP contribution in [0, 0.1) is 0 Å². The Morgan fingerprint density at radius 3 is 2.29 bits per heavy atom. The van der Waals surface area contributed by atoms with Crippen molar-refractivity contribution < 1.29 is 18.7 Å². The average molecular weight is 479 g/mol. The molecule has 0 unspecified atom stereocenters. The lowest BCUT2D eigenvalue weighted by atomic mass is 9.95. The Morgan fingerprint density at radius 1 is 1.06 bits per heavy atom. The van der Waals surface area contributed by atoms with E-state index in [4.69, 9.17) is 4.74 Å². The Morgan fingerprint density at radius 2 is 1.69 bits per heavy atom. The van der Waals surface area contributed by atoms with E-state index in [1.807, 2.05) is 42.5 Å². The molecular formula is C27H31FN4O3. The van der Waals surface area contributed by atoms with Crippen LogP contribution in [0.3, 0.4) is 0 Å². The number of aromatic nitrogens is 2. The van der Waals surface area contributed by atoms with Gasteiger partial charge in [0, 0.05) is 19.5 Å². The minimum absolute atomic E-state index is 0.0602. The Kier molecular flexibility index (Phi) is 7.19. The van der Waals surface area contributed by atoms with Crippen LogP contribution in [0.4, 0.5) is 4.39 Å². The van der Waals surface area contributed by atoms with Crippen LogP contribution >= 0.6 is 0 Å². The van der Waals surface area contributed by atoms with Crippen molar-refractivity contribution in [3.63, 3.8) is 0 Å². The normalized spacial score (nSPS) is 18.5. The predicted octanol–water partition coefficient (Wildman–Crippen LogP) is 4.01. The highest BCUT2D eigenvalue weighted by molar-refractivity contribution is 5.97. The first kappa shape index (κ1) is 24.4. The minimum atomic E-state index is -1.29. The summed E-state index contributed by atoms with van der Waals surface area (Å²) in [5.74, 6) is -0.108. The van der Waals surface area contributed by atoms with Crippen molar-refractivity contribution in [1.82, 2.24) is 20.0 Å². The molecule has 1 aromatic heterocycles. The highest BCUT2D eigenvalue weighted by Crippen LogP contribution is 2.28. The summed E-state index contributed by atoms with van der Waals surface area (Å²) in [6, 6.07) is 17.9. The number of likely N-dealkylation sites (tertiary alicyclic amines) is 1. The summed E-state index contributed by atoms with van der Waals surface area (Å²) in [6.45, 7) is 4.10. The van der Waals surface area contributed by atoms with Crippen LogP contribution in [0.1, 0.15) is 59.4 Å². The van der Waals surface area contributed by atoms with Gasteiger partial charge in [0.1, 0.15) is 12.2 Å². The number of ether oxygens (including phenoxy) is 1. The number of hydrogen-bond acceptors (Lipinski definition) is 4. The Bertz CT molecular complexity index is 1180. The monoisotopic (exact) mass is 478 g/mol. The first-order valence-electron chi connectivity index (χ1n) is 11.8. The van der Waals surface area contributed by atoms with Crippen LogP contribution < -0.4 is 10.1 Å². The number of halogens is 1. The summed E-state index contributed by atoms with van der Waals surface area (Å²) >= 11 is 0. The molecule has 3 atom stereocenters. The zero-order valence-electron chi connectivity index (χ0n) is 20.4. The molecule has 0 bridgehead atoms. The largest absolute Gasteiger partial charge is 0.481 e. The average Bonchev–Trinajstić information content (AvgIpc) is 3.44. The third kappa shape index (κ3) is 5.21. The maximum atomic E-state index is 14.5. The van der Waals surface area contributed by atoms with Crippen molar-refractivity contribution in [3.8, 4) is 5.88 Å². The van der Waals surface area contributed by atoms with Gasteiger partial charge in [0.15, 0.2) is 5.69 Å². The number of hydrogen-bond donors (Lipinski definition) is 1. The predicted molar refractivity (Wildman–Crippen MR) is 131 cm³/mol. The fraction of sp³-hybridized carbons (Fsp3) is 0.370. The minimum Gasteiger partial charge on any atom is -0.481 e. The molecule has 2 amide bonds. The molecule has 3 aromatic rings. The van der Waals surface area contributed by atoms with E-state index in [0.717, 1.165) is 11.1 Å². The smallest absolute Gasteiger partial charge is 0.275 e.